The van der Waals surface area contributed by atoms with E-state index in [4.69, 9.17) is 4.74 Å². The molecule has 0 saturated carbocycles. The number of ether oxygens (including phenoxy) is 2. The monoisotopic (exact) mass is 681 g/mol. The summed E-state index contributed by atoms with van der Waals surface area (Å²) in [5, 5.41) is 4.59. The summed E-state index contributed by atoms with van der Waals surface area (Å²) in [6, 6.07) is 13.8. The predicted molar refractivity (Wildman–Crippen MR) is 160 cm³/mol. The molecule has 1 atom stereocenters. The number of anilines is 2. The number of fused-ring (bicyclic) bond motifs is 2. The fourth-order valence-electron chi connectivity index (χ4n) is 5.97. The summed E-state index contributed by atoms with van der Waals surface area (Å²) in [6.07, 6.45) is 2.19. The zero-order valence-corrected chi connectivity index (χ0v) is 25.8. The van der Waals surface area contributed by atoms with E-state index in [0.717, 1.165) is 35.8 Å². The van der Waals surface area contributed by atoms with Gasteiger partial charge in [0.25, 0.3) is 0 Å². The molecule has 0 bridgehead atoms. The third-order valence-corrected chi connectivity index (χ3v) is 9.87. The lowest BCUT2D eigenvalue weighted by Gasteiger charge is -2.32. The first-order valence-corrected chi connectivity index (χ1v) is 16.3. The summed E-state index contributed by atoms with van der Waals surface area (Å²) >= 11 is 0. The fraction of sp³-hybridized carbons (Fsp3) is 0.355. The Balaban J connectivity index is 1.34. The number of nitrogens with one attached hydrogen (secondary N) is 1. The minimum Gasteiger partial charge on any atom is -0.462 e. The van der Waals surface area contributed by atoms with Crippen LogP contribution in [0, 0.1) is 23.3 Å². The molecule has 3 heterocycles. The second-order valence-corrected chi connectivity index (χ2v) is 13.2. The van der Waals surface area contributed by atoms with E-state index in [1.807, 2.05) is 49.5 Å². The summed E-state index contributed by atoms with van der Waals surface area (Å²) in [4.78, 5) is 11.3. The van der Waals surface area contributed by atoms with Crippen molar-refractivity contribution >= 4 is 32.1 Å². The molecule has 47 heavy (non-hydrogen) atoms. The fourth-order valence-corrected chi connectivity index (χ4v) is 7.22. The average Bonchev–Trinajstić information content (AvgIpc) is 3.47. The number of alkyl halides is 2. The molecule has 2 aliphatic rings. The van der Waals surface area contributed by atoms with Gasteiger partial charge in [0.2, 0.25) is 21.5 Å². The van der Waals surface area contributed by atoms with Crippen molar-refractivity contribution < 1.29 is 44.2 Å². The van der Waals surface area contributed by atoms with Gasteiger partial charge in [-0.15, -0.1) is 0 Å². The van der Waals surface area contributed by atoms with Gasteiger partial charge in [-0.1, -0.05) is 36.4 Å². The highest BCUT2D eigenvalue weighted by molar-refractivity contribution is 7.91. The van der Waals surface area contributed by atoms with Gasteiger partial charge in [-0.25, -0.2) is 21.6 Å². The SMILES string of the molecule is CN1CCC[C@@H]1COc1nc2c(c(NCS(=O)(=O)c3c(F)c(F)c(F)c(F)c3OC(F)F)n1)CCN(c1cccc3ccccc13)C2. The summed E-state index contributed by atoms with van der Waals surface area (Å²) in [5.74, 6) is -13.1. The van der Waals surface area contributed by atoms with Crippen LogP contribution in [0.3, 0.4) is 0 Å². The van der Waals surface area contributed by atoms with Gasteiger partial charge in [0.1, 0.15) is 18.3 Å². The van der Waals surface area contributed by atoms with Crippen LogP contribution in [0.2, 0.25) is 0 Å². The quantitative estimate of drug-likeness (QED) is 0.0984. The molecule has 16 heteroatoms. The van der Waals surface area contributed by atoms with Gasteiger partial charge < -0.3 is 24.6 Å². The minimum absolute atomic E-state index is 0.0225. The number of hydrogen-bond acceptors (Lipinski definition) is 9. The molecule has 4 aromatic rings. The first-order valence-electron chi connectivity index (χ1n) is 14.7. The van der Waals surface area contributed by atoms with Crippen LogP contribution in [0.5, 0.6) is 11.8 Å². The predicted octanol–water partition coefficient (Wildman–Crippen LogP) is 5.67. The molecule has 1 saturated heterocycles. The third kappa shape index (κ3) is 6.48. The molecule has 9 nitrogen and oxygen atoms in total. The second-order valence-electron chi connectivity index (χ2n) is 11.3. The van der Waals surface area contributed by atoms with E-state index in [9.17, 15) is 34.8 Å². The topological polar surface area (TPSA) is 96.9 Å². The summed E-state index contributed by atoms with van der Waals surface area (Å²) in [6.45, 7) is -1.99. The van der Waals surface area contributed by atoms with Crippen LogP contribution in [0.4, 0.5) is 37.8 Å². The van der Waals surface area contributed by atoms with Crippen LogP contribution in [0.15, 0.2) is 47.4 Å². The van der Waals surface area contributed by atoms with E-state index in [2.05, 4.69) is 29.8 Å². The Kier molecular flexibility index (Phi) is 9.07. The van der Waals surface area contributed by atoms with Crippen molar-refractivity contribution in [2.75, 3.05) is 42.8 Å². The van der Waals surface area contributed by atoms with E-state index in [1.54, 1.807) is 0 Å². The van der Waals surface area contributed by atoms with Crippen LogP contribution in [0.25, 0.3) is 10.8 Å². The van der Waals surface area contributed by atoms with E-state index < -0.39 is 56.2 Å². The number of halogens is 6. The minimum atomic E-state index is -5.19. The Morgan fingerprint density at radius 3 is 2.47 bits per heavy atom. The molecule has 2 aliphatic heterocycles. The zero-order valence-electron chi connectivity index (χ0n) is 25.0. The molecule has 0 spiro atoms. The van der Waals surface area contributed by atoms with Crippen molar-refractivity contribution in [3.8, 4) is 11.8 Å². The van der Waals surface area contributed by atoms with Crippen LogP contribution in [-0.2, 0) is 22.8 Å². The molecule has 1 aromatic heterocycles. The van der Waals surface area contributed by atoms with E-state index in [-0.39, 0.29) is 31.0 Å². The molecule has 3 aromatic carbocycles. The Morgan fingerprint density at radius 2 is 1.72 bits per heavy atom. The normalized spacial score (nSPS) is 16.9. The van der Waals surface area contributed by atoms with Gasteiger partial charge in [-0.05, 0) is 44.3 Å². The maximum atomic E-state index is 14.7. The lowest BCUT2D eigenvalue weighted by molar-refractivity contribution is -0.0551. The molecular formula is C31H29F6N5O4S. The molecular weight excluding hydrogens is 652 g/mol. The number of rotatable bonds is 10. The lowest BCUT2D eigenvalue weighted by Crippen LogP contribution is -2.33. The van der Waals surface area contributed by atoms with Crippen molar-refractivity contribution in [2.24, 2.45) is 0 Å². The Bertz CT molecular complexity index is 1930. The Labute approximate surface area is 266 Å². The molecule has 0 aliphatic carbocycles. The Hall–Kier alpha value is -4.31. The highest BCUT2D eigenvalue weighted by Gasteiger charge is 2.36. The van der Waals surface area contributed by atoms with Crippen LogP contribution in [0.1, 0.15) is 24.1 Å². The standard InChI is InChI=1S/C31H29F6N5O4S/c1-41-12-5-8-18(41)15-45-31-39-21-14-42(22-10-4-7-17-6-2-3-9-19(17)22)13-11-20(21)29(40-31)38-16-47(43,44)28-26(35)24(33)23(32)25(34)27(28)46-30(36)37/h2-4,6-7,9-10,18,30H,5,8,11-16H2,1H3,(H,38,39,40)/t18-/m1/s1. The van der Waals surface area contributed by atoms with E-state index in [0.29, 0.717) is 24.2 Å². The summed E-state index contributed by atoms with van der Waals surface area (Å²) in [7, 11) is -3.23. The van der Waals surface area contributed by atoms with Crippen molar-refractivity contribution in [3.63, 3.8) is 0 Å². The van der Waals surface area contributed by atoms with Crippen molar-refractivity contribution in [1.29, 1.82) is 0 Å². The number of likely N-dealkylation sites (N-methyl/N-ethyl adjacent to an activating group) is 1. The van der Waals surface area contributed by atoms with Crippen LogP contribution in [-0.4, -0.2) is 68.6 Å². The van der Waals surface area contributed by atoms with Crippen molar-refractivity contribution in [1.82, 2.24) is 14.9 Å². The maximum absolute atomic E-state index is 14.7. The molecule has 0 amide bonds. The summed E-state index contributed by atoms with van der Waals surface area (Å²) in [5.41, 5.74) is 1.95. The van der Waals surface area contributed by atoms with Gasteiger partial charge in [0.05, 0.1) is 12.2 Å². The van der Waals surface area contributed by atoms with Crippen molar-refractivity contribution in [2.45, 2.75) is 43.4 Å². The molecule has 250 valence electrons. The Morgan fingerprint density at radius 1 is 0.979 bits per heavy atom. The molecule has 1 N–H and O–H groups in total. The van der Waals surface area contributed by atoms with Crippen molar-refractivity contribution in [3.05, 3.63) is 77.0 Å². The molecule has 6 rings (SSSR count). The smallest absolute Gasteiger partial charge is 0.387 e. The van der Waals surface area contributed by atoms with Crippen LogP contribution < -0.4 is 19.7 Å². The number of nitrogens with zero attached hydrogens (tertiary/aromatic N) is 4. The number of sulfone groups is 1. The largest absolute Gasteiger partial charge is 0.462 e. The first-order chi connectivity index (χ1) is 22.4. The number of hydrogen-bond donors (Lipinski definition) is 1. The highest BCUT2D eigenvalue weighted by atomic mass is 32.2. The van der Waals surface area contributed by atoms with Gasteiger partial charge in [-0.3, -0.25) is 0 Å². The molecule has 1 fully saturated rings. The number of aromatic nitrogens is 2. The zero-order chi connectivity index (χ0) is 33.5. The summed E-state index contributed by atoms with van der Waals surface area (Å²) < 4.78 is 119. The van der Waals surface area contributed by atoms with Gasteiger partial charge in [0, 0.05) is 29.2 Å². The molecule has 0 radical (unpaired) electrons. The third-order valence-electron chi connectivity index (χ3n) is 8.36. The average molecular weight is 682 g/mol. The highest BCUT2D eigenvalue weighted by Crippen LogP contribution is 2.37. The first kappa shape index (κ1) is 32.6. The van der Waals surface area contributed by atoms with E-state index in [1.165, 1.54) is 0 Å². The number of benzene rings is 3. The van der Waals surface area contributed by atoms with Crippen LogP contribution >= 0.6 is 0 Å². The number of likely N-dealkylation sites (tertiary alicyclic amines) is 1. The van der Waals surface area contributed by atoms with Gasteiger partial charge in [-0.2, -0.15) is 23.1 Å². The second kappa shape index (κ2) is 13.1. The van der Waals surface area contributed by atoms with Gasteiger partial charge >= 0.3 is 12.6 Å². The van der Waals surface area contributed by atoms with E-state index >= 15 is 0 Å². The lowest BCUT2D eigenvalue weighted by atomic mass is 10.0. The maximum Gasteiger partial charge on any atom is 0.387 e. The molecule has 0 unspecified atom stereocenters. The van der Waals surface area contributed by atoms with Gasteiger partial charge in [0.15, 0.2) is 22.3 Å².